The number of carboxylic acid groups (broad SMARTS) is 1. The van der Waals surface area contributed by atoms with Crippen molar-refractivity contribution in [1.29, 1.82) is 0 Å². The highest BCUT2D eigenvalue weighted by atomic mass is 32.1. The Bertz CT molecular complexity index is 608. The van der Waals surface area contributed by atoms with Crippen LogP contribution in [0.15, 0.2) is 36.4 Å². The lowest BCUT2D eigenvalue weighted by atomic mass is 10.1. The van der Waals surface area contributed by atoms with Crippen LogP contribution in [0.2, 0.25) is 0 Å². The average Bonchev–Trinajstić information content (AvgIpc) is 2.79. The number of hydrogen-bond donors (Lipinski definition) is 2. The van der Waals surface area contributed by atoms with Crippen molar-refractivity contribution in [3.8, 4) is 10.4 Å². The smallest absolute Gasteiger partial charge is 0.254 e. The number of nitrogens with one attached hydrogen (secondary N) is 1. The van der Waals surface area contributed by atoms with Crippen LogP contribution in [0.5, 0.6) is 0 Å². The molecule has 0 spiro atoms. The Morgan fingerprint density at radius 3 is 2.58 bits per heavy atom. The van der Waals surface area contributed by atoms with Crippen molar-refractivity contribution >= 4 is 28.2 Å². The molecule has 1 aromatic heterocycles. The SMILES string of the molecule is Nc1sc(-c2ccccc2)cc1C(=O)NCC(=O)[O-]. The Kier molecular flexibility index (Phi) is 3.82. The molecule has 0 saturated heterocycles. The third-order valence-electron chi connectivity index (χ3n) is 2.46. The van der Waals surface area contributed by atoms with Crippen LogP contribution in [0.1, 0.15) is 10.4 Å². The summed E-state index contributed by atoms with van der Waals surface area (Å²) in [5.41, 5.74) is 7.02. The molecule has 2 aromatic rings. The second-order valence-corrected chi connectivity index (χ2v) is 4.89. The largest absolute Gasteiger partial charge is 0.548 e. The third-order valence-corrected chi connectivity index (χ3v) is 3.47. The van der Waals surface area contributed by atoms with Gasteiger partial charge < -0.3 is 21.0 Å². The summed E-state index contributed by atoms with van der Waals surface area (Å²) in [5, 5.41) is 12.9. The second kappa shape index (κ2) is 5.53. The van der Waals surface area contributed by atoms with Gasteiger partial charge in [0.15, 0.2) is 0 Å². The lowest BCUT2D eigenvalue weighted by molar-refractivity contribution is -0.303. The summed E-state index contributed by atoms with van der Waals surface area (Å²) in [6.07, 6.45) is 0. The molecule has 0 aliphatic heterocycles. The molecular formula is C13H11N2O3S-. The first kappa shape index (κ1) is 13.1. The van der Waals surface area contributed by atoms with Crippen molar-refractivity contribution in [3.63, 3.8) is 0 Å². The number of carbonyl (C=O) groups excluding carboxylic acids is 2. The first-order valence-electron chi connectivity index (χ1n) is 5.50. The summed E-state index contributed by atoms with van der Waals surface area (Å²) < 4.78 is 0. The fourth-order valence-corrected chi connectivity index (χ4v) is 2.50. The summed E-state index contributed by atoms with van der Waals surface area (Å²) in [5.74, 6) is -1.86. The predicted octanol–water partition coefficient (Wildman–Crippen LogP) is 0.477. The summed E-state index contributed by atoms with van der Waals surface area (Å²) >= 11 is 1.28. The molecule has 1 heterocycles. The molecule has 0 radical (unpaired) electrons. The number of hydrogen-bond acceptors (Lipinski definition) is 5. The van der Waals surface area contributed by atoms with Crippen LogP contribution in [0.3, 0.4) is 0 Å². The van der Waals surface area contributed by atoms with Crippen molar-refractivity contribution in [3.05, 3.63) is 42.0 Å². The maximum Gasteiger partial charge on any atom is 0.254 e. The summed E-state index contributed by atoms with van der Waals surface area (Å²) in [6, 6.07) is 11.2. The van der Waals surface area contributed by atoms with E-state index < -0.39 is 18.4 Å². The van der Waals surface area contributed by atoms with Crippen molar-refractivity contribution < 1.29 is 14.7 Å². The van der Waals surface area contributed by atoms with Gasteiger partial charge in [-0.1, -0.05) is 30.3 Å². The normalized spacial score (nSPS) is 10.1. The molecule has 1 aromatic carbocycles. The van der Waals surface area contributed by atoms with E-state index in [1.54, 1.807) is 6.07 Å². The monoisotopic (exact) mass is 275 g/mol. The molecule has 0 aliphatic rings. The molecule has 5 nitrogen and oxygen atoms in total. The molecule has 0 saturated carbocycles. The average molecular weight is 275 g/mol. The minimum absolute atomic E-state index is 0.283. The molecule has 19 heavy (non-hydrogen) atoms. The summed E-state index contributed by atoms with van der Waals surface area (Å²) in [7, 11) is 0. The van der Waals surface area contributed by atoms with Crippen molar-refractivity contribution in [2.75, 3.05) is 12.3 Å². The fraction of sp³-hybridized carbons (Fsp3) is 0.0769. The number of anilines is 1. The highest BCUT2D eigenvalue weighted by Crippen LogP contribution is 2.33. The fourth-order valence-electron chi connectivity index (χ4n) is 1.57. The van der Waals surface area contributed by atoms with Gasteiger partial charge in [0.25, 0.3) is 5.91 Å². The number of carbonyl (C=O) groups is 2. The van der Waals surface area contributed by atoms with Gasteiger partial charge in [-0.15, -0.1) is 11.3 Å². The standard InChI is InChI=1S/C13H12N2O3S/c14-12-9(13(18)15-7-11(16)17)6-10(19-12)8-4-2-1-3-5-8/h1-6H,7,14H2,(H,15,18)(H,16,17)/p-1. The molecule has 3 N–H and O–H groups in total. The first-order chi connectivity index (χ1) is 9.08. The molecule has 2 rings (SSSR count). The quantitative estimate of drug-likeness (QED) is 0.848. The summed E-state index contributed by atoms with van der Waals surface area (Å²) in [4.78, 5) is 22.9. The van der Waals surface area contributed by atoms with Gasteiger partial charge >= 0.3 is 0 Å². The third kappa shape index (κ3) is 3.11. The molecule has 0 unspecified atom stereocenters. The van der Waals surface area contributed by atoms with E-state index in [1.165, 1.54) is 11.3 Å². The van der Waals surface area contributed by atoms with Crippen molar-refractivity contribution in [2.24, 2.45) is 0 Å². The van der Waals surface area contributed by atoms with E-state index in [-0.39, 0.29) is 5.56 Å². The molecule has 0 fully saturated rings. The van der Waals surface area contributed by atoms with Crippen LogP contribution in [-0.4, -0.2) is 18.4 Å². The van der Waals surface area contributed by atoms with Gasteiger partial charge in [0, 0.05) is 4.88 Å². The van der Waals surface area contributed by atoms with Crippen LogP contribution in [0.25, 0.3) is 10.4 Å². The van der Waals surface area contributed by atoms with Gasteiger partial charge in [0.2, 0.25) is 0 Å². The molecule has 0 aliphatic carbocycles. The molecule has 0 bridgehead atoms. The summed E-state index contributed by atoms with van der Waals surface area (Å²) in [6.45, 7) is -0.533. The van der Waals surface area contributed by atoms with Gasteiger partial charge in [-0.3, -0.25) is 4.79 Å². The van der Waals surface area contributed by atoms with Gasteiger partial charge in [-0.2, -0.15) is 0 Å². The van der Waals surface area contributed by atoms with Crippen LogP contribution in [0.4, 0.5) is 5.00 Å². The maximum absolute atomic E-state index is 11.7. The number of nitrogens with two attached hydrogens (primary N) is 1. The van der Waals surface area contributed by atoms with Crippen molar-refractivity contribution in [2.45, 2.75) is 0 Å². The zero-order chi connectivity index (χ0) is 13.8. The predicted molar refractivity (Wildman–Crippen MR) is 71.5 cm³/mol. The molecular weight excluding hydrogens is 264 g/mol. The minimum Gasteiger partial charge on any atom is -0.548 e. The van der Waals surface area contributed by atoms with Gasteiger partial charge in [-0.25, -0.2) is 0 Å². The highest BCUT2D eigenvalue weighted by Gasteiger charge is 2.14. The number of carboxylic acids is 1. The van der Waals surface area contributed by atoms with E-state index in [0.29, 0.717) is 5.00 Å². The molecule has 98 valence electrons. The topological polar surface area (TPSA) is 95.2 Å². The Balaban J connectivity index is 2.22. The van der Waals surface area contributed by atoms with E-state index in [2.05, 4.69) is 5.32 Å². The number of nitrogen functional groups attached to an aromatic ring is 1. The Hall–Kier alpha value is -2.34. The second-order valence-electron chi connectivity index (χ2n) is 3.81. The Morgan fingerprint density at radius 2 is 1.95 bits per heavy atom. The van der Waals surface area contributed by atoms with Crippen LogP contribution < -0.4 is 16.2 Å². The van der Waals surface area contributed by atoms with E-state index in [0.717, 1.165) is 10.4 Å². The van der Waals surface area contributed by atoms with Gasteiger partial charge in [-0.05, 0) is 11.6 Å². The first-order valence-corrected chi connectivity index (χ1v) is 6.32. The maximum atomic E-state index is 11.7. The lowest BCUT2D eigenvalue weighted by Gasteiger charge is -2.04. The molecule has 0 atom stereocenters. The number of aliphatic carboxylic acids is 1. The highest BCUT2D eigenvalue weighted by molar-refractivity contribution is 7.19. The number of benzene rings is 1. The van der Waals surface area contributed by atoms with E-state index >= 15 is 0 Å². The zero-order valence-corrected chi connectivity index (χ0v) is 10.7. The Labute approximate surface area is 113 Å². The molecule has 1 amide bonds. The lowest BCUT2D eigenvalue weighted by Crippen LogP contribution is -2.37. The van der Waals surface area contributed by atoms with Crippen LogP contribution in [0, 0.1) is 0 Å². The van der Waals surface area contributed by atoms with Crippen LogP contribution >= 0.6 is 11.3 Å². The number of thiophene rings is 1. The number of amides is 1. The Morgan fingerprint density at radius 1 is 1.26 bits per heavy atom. The van der Waals surface area contributed by atoms with E-state index in [4.69, 9.17) is 5.73 Å². The minimum atomic E-state index is -1.34. The van der Waals surface area contributed by atoms with E-state index in [1.807, 2.05) is 30.3 Å². The van der Waals surface area contributed by atoms with Gasteiger partial charge in [0.1, 0.15) is 0 Å². The van der Waals surface area contributed by atoms with Crippen molar-refractivity contribution in [1.82, 2.24) is 5.32 Å². The van der Waals surface area contributed by atoms with Gasteiger partial charge in [0.05, 0.1) is 23.1 Å². The number of rotatable bonds is 4. The van der Waals surface area contributed by atoms with Crippen LogP contribution in [-0.2, 0) is 4.79 Å². The zero-order valence-electron chi connectivity index (χ0n) is 9.88. The van der Waals surface area contributed by atoms with E-state index in [9.17, 15) is 14.7 Å². The molecule has 6 heteroatoms.